The molecule has 0 unspecified atom stereocenters. The zero-order valence-electron chi connectivity index (χ0n) is 12.1. The Bertz CT molecular complexity index is 348. The van der Waals surface area contributed by atoms with Gasteiger partial charge < -0.3 is 9.47 Å². The van der Waals surface area contributed by atoms with Crippen LogP contribution in [-0.2, 0) is 19.5 Å². The molecule has 1 saturated carbocycles. The molecule has 0 aliphatic heterocycles. The van der Waals surface area contributed by atoms with Gasteiger partial charge in [0.05, 0.1) is 31.7 Å². The third kappa shape index (κ3) is 7.25. The molecule has 0 aromatic rings. The van der Waals surface area contributed by atoms with E-state index in [0.717, 1.165) is 25.7 Å². The fourth-order valence-corrected chi connectivity index (χ4v) is 3.92. The first-order valence-corrected chi connectivity index (χ1v) is 8.74. The van der Waals surface area contributed by atoms with Crippen LogP contribution in [0.25, 0.3) is 0 Å². The summed E-state index contributed by atoms with van der Waals surface area (Å²) in [6.07, 6.45) is 5.24. The van der Waals surface area contributed by atoms with Gasteiger partial charge in [-0.15, -0.1) is 0 Å². The van der Waals surface area contributed by atoms with Gasteiger partial charge in [-0.2, -0.15) is 0 Å². The minimum Gasteiger partial charge on any atom is -0.378 e. The lowest BCUT2D eigenvalue weighted by atomic mass is 9.76. The number of hydrogen-bond donors (Lipinski definition) is 1. The largest absolute Gasteiger partial charge is 0.378 e. The first kappa shape index (κ1) is 16.9. The minimum atomic E-state index is -3.45. The van der Waals surface area contributed by atoms with E-state index in [9.17, 15) is 8.42 Å². The maximum absolute atomic E-state index is 11.4. The van der Waals surface area contributed by atoms with Crippen molar-refractivity contribution in [1.82, 2.24) is 0 Å². The van der Waals surface area contributed by atoms with E-state index in [1.54, 1.807) is 0 Å². The lowest BCUT2D eigenvalue weighted by Crippen LogP contribution is -2.39. The van der Waals surface area contributed by atoms with Crippen LogP contribution in [0.5, 0.6) is 0 Å². The van der Waals surface area contributed by atoms with Crippen LogP contribution in [0.3, 0.4) is 0 Å². The summed E-state index contributed by atoms with van der Waals surface area (Å²) in [5.74, 6) is 0.0328. The van der Waals surface area contributed by atoms with Gasteiger partial charge in [0.1, 0.15) is 0 Å². The summed E-state index contributed by atoms with van der Waals surface area (Å²) in [6, 6.07) is 0. The first-order valence-electron chi connectivity index (χ1n) is 7.03. The quantitative estimate of drug-likeness (QED) is 0.690. The number of nitrogens with two attached hydrogens (primary N) is 1. The molecule has 1 fully saturated rings. The van der Waals surface area contributed by atoms with E-state index in [4.69, 9.17) is 14.6 Å². The molecule has 0 saturated heterocycles. The highest BCUT2D eigenvalue weighted by Crippen LogP contribution is 2.37. The second kappa shape index (κ2) is 7.57. The number of rotatable bonds is 8. The van der Waals surface area contributed by atoms with Crippen LogP contribution in [0, 0.1) is 5.41 Å². The van der Waals surface area contributed by atoms with Gasteiger partial charge in [0, 0.05) is 5.41 Å². The second-order valence-corrected chi connectivity index (χ2v) is 7.45. The summed E-state index contributed by atoms with van der Waals surface area (Å²) in [5.41, 5.74) is -0.288. The van der Waals surface area contributed by atoms with Crippen molar-refractivity contribution < 1.29 is 17.9 Å². The summed E-state index contributed by atoms with van der Waals surface area (Å²) < 4.78 is 33.8. The molecule has 0 amide bonds. The van der Waals surface area contributed by atoms with E-state index in [0.29, 0.717) is 19.8 Å². The highest BCUT2D eigenvalue weighted by atomic mass is 32.2. The molecule has 1 aliphatic rings. The van der Waals surface area contributed by atoms with Crippen LogP contribution >= 0.6 is 0 Å². The second-order valence-electron chi connectivity index (χ2n) is 5.84. The smallest absolute Gasteiger partial charge is 0.209 e. The Morgan fingerprint density at radius 2 is 1.79 bits per heavy atom. The summed E-state index contributed by atoms with van der Waals surface area (Å²) in [5, 5.41) is 5.21. The molecule has 6 heteroatoms. The topological polar surface area (TPSA) is 78.6 Å². The van der Waals surface area contributed by atoms with E-state index in [-0.39, 0.29) is 17.3 Å². The molecule has 0 atom stereocenters. The van der Waals surface area contributed by atoms with Crippen molar-refractivity contribution >= 4 is 10.0 Å². The van der Waals surface area contributed by atoms with Crippen LogP contribution in [0.15, 0.2) is 0 Å². The van der Waals surface area contributed by atoms with E-state index in [2.05, 4.69) is 0 Å². The minimum absolute atomic E-state index is 0.0328. The maximum Gasteiger partial charge on any atom is 0.209 e. The average Bonchev–Trinajstić information content (AvgIpc) is 2.27. The Morgan fingerprint density at radius 3 is 2.32 bits per heavy atom. The van der Waals surface area contributed by atoms with Gasteiger partial charge >= 0.3 is 0 Å². The zero-order chi connectivity index (χ0) is 14.4. The van der Waals surface area contributed by atoms with Crippen molar-refractivity contribution in [2.45, 2.75) is 52.1 Å². The highest BCUT2D eigenvalue weighted by Gasteiger charge is 2.35. The van der Waals surface area contributed by atoms with Crippen LogP contribution in [0.2, 0.25) is 0 Å². The van der Waals surface area contributed by atoms with Gasteiger partial charge in [-0.25, -0.2) is 13.6 Å². The van der Waals surface area contributed by atoms with Crippen molar-refractivity contribution in [2.75, 3.05) is 25.6 Å². The van der Waals surface area contributed by atoms with Crippen LogP contribution in [0.1, 0.15) is 46.0 Å². The van der Waals surface area contributed by atoms with Gasteiger partial charge in [-0.05, 0) is 26.7 Å². The predicted octanol–water partition coefficient (Wildman–Crippen LogP) is 1.67. The molecule has 0 aromatic heterocycles. The Hall–Kier alpha value is -0.170. The molecular formula is C13H27NO4S. The Morgan fingerprint density at radius 1 is 1.16 bits per heavy atom. The first-order chi connectivity index (χ1) is 8.83. The van der Waals surface area contributed by atoms with Gasteiger partial charge in [0.2, 0.25) is 10.0 Å². The summed E-state index contributed by atoms with van der Waals surface area (Å²) in [4.78, 5) is 0. The predicted molar refractivity (Wildman–Crippen MR) is 75.4 cm³/mol. The SMILES string of the molecule is CC(C)OCCOCC1(CS(N)(=O)=O)CCCCC1. The van der Waals surface area contributed by atoms with Crippen molar-refractivity contribution in [2.24, 2.45) is 10.6 Å². The summed E-state index contributed by atoms with van der Waals surface area (Å²) in [7, 11) is -3.45. The molecule has 114 valence electrons. The van der Waals surface area contributed by atoms with E-state index in [1.165, 1.54) is 6.42 Å². The molecule has 0 heterocycles. The third-order valence-corrected chi connectivity index (χ3v) is 4.52. The monoisotopic (exact) mass is 293 g/mol. The van der Waals surface area contributed by atoms with E-state index in [1.807, 2.05) is 13.8 Å². The van der Waals surface area contributed by atoms with Crippen molar-refractivity contribution in [3.8, 4) is 0 Å². The molecule has 0 radical (unpaired) electrons. The summed E-state index contributed by atoms with van der Waals surface area (Å²) >= 11 is 0. The Labute approximate surface area is 116 Å². The van der Waals surface area contributed by atoms with Gasteiger partial charge in [0.15, 0.2) is 0 Å². The average molecular weight is 293 g/mol. The van der Waals surface area contributed by atoms with Gasteiger partial charge in [0.25, 0.3) is 0 Å². The molecule has 1 aliphatic carbocycles. The molecule has 2 N–H and O–H groups in total. The fraction of sp³-hybridized carbons (Fsp3) is 1.00. The number of ether oxygens (including phenoxy) is 2. The highest BCUT2D eigenvalue weighted by molar-refractivity contribution is 7.89. The van der Waals surface area contributed by atoms with Gasteiger partial charge in [-0.3, -0.25) is 0 Å². The molecule has 5 nitrogen and oxygen atoms in total. The zero-order valence-corrected chi connectivity index (χ0v) is 12.9. The van der Waals surface area contributed by atoms with E-state index < -0.39 is 10.0 Å². The molecule has 0 spiro atoms. The maximum atomic E-state index is 11.4. The van der Waals surface area contributed by atoms with Crippen molar-refractivity contribution in [3.05, 3.63) is 0 Å². The molecule has 19 heavy (non-hydrogen) atoms. The number of hydrogen-bond acceptors (Lipinski definition) is 4. The van der Waals surface area contributed by atoms with Crippen molar-refractivity contribution in [3.63, 3.8) is 0 Å². The number of primary sulfonamides is 1. The normalized spacial score (nSPS) is 19.8. The molecule has 1 rings (SSSR count). The van der Waals surface area contributed by atoms with Gasteiger partial charge in [-0.1, -0.05) is 19.3 Å². The Balaban J connectivity index is 2.41. The fourth-order valence-electron chi connectivity index (χ4n) is 2.69. The number of sulfonamides is 1. The lowest BCUT2D eigenvalue weighted by molar-refractivity contribution is -0.0149. The molecule has 0 bridgehead atoms. The molecular weight excluding hydrogens is 266 g/mol. The molecule has 0 aromatic carbocycles. The van der Waals surface area contributed by atoms with Crippen molar-refractivity contribution in [1.29, 1.82) is 0 Å². The van der Waals surface area contributed by atoms with Crippen LogP contribution in [-0.4, -0.2) is 40.1 Å². The lowest BCUT2D eigenvalue weighted by Gasteiger charge is -2.36. The van der Waals surface area contributed by atoms with Crippen LogP contribution < -0.4 is 5.14 Å². The Kier molecular flexibility index (Phi) is 6.73. The third-order valence-electron chi connectivity index (χ3n) is 3.51. The summed E-state index contributed by atoms with van der Waals surface area (Å²) in [6.45, 7) is 5.46. The standard InChI is InChI=1S/C13H27NO4S/c1-12(2)18-9-8-17-10-13(11-19(14,15)16)6-4-3-5-7-13/h12H,3-11H2,1-2H3,(H2,14,15,16). The van der Waals surface area contributed by atoms with Crippen LogP contribution in [0.4, 0.5) is 0 Å². The van der Waals surface area contributed by atoms with E-state index >= 15 is 0 Å².